The van der Waals surface area contributed by atoms with Crippen LogP contribution >= 0.6 is 0 Å². The molecule has 5 nitrogen and oxygen atoms in total. The third-order valence-electron chi connectivity index (χ3n) is 6.11. The van der Waals surface area contributed by atoms with E-state index in [0.29, 0.717) is 44.6 Å². The Balaban J connectivity index is 1.32. The van der Waals surface area contributed by atoms with Crippen LogP contribution in [0.25, 0.3) is 0 Å². The number of halogens is 4. The molecule has 0 saturated carbocycles. The smallest absolute Gasteiger partial charge is 0.349 e. The van der Waals surface area contributed by atoms with Crippen molar-refractivity contribution < 1.29 is 27.2 Å². The number of rotatable bonds is 4. The molecule has 2 amide bonds. The van der Waals surface area contributed by atoms with E-state index in [1.54, 1.807) is 6.07 Å². The standard InChI is InChI=1S/C23H23F4N3O2/c24-19-4-2-1-3-18(19)21(31)28-16-9-12-29(13-10-16)20-11-14-30(22(20)32)17-7-5-15(6-8-17)23(25,26)27/h1-8,16,20H,9-14H2,(H,28,31). The van der Waals surface area contributed by atoms with Crippen molar-refractivity contribution in [3.8, 4) is 0 Å². The maximum atomic E-state index is 13.8. The maximum Gasteiger partial charge on any atom is 0.416 e. The topological polar surface area (TPSA) is 52.7 Å². The Kier molecular flexibility index (Phi) is 6.19. The molecule has 4 rings (SSSR count). The molecule has 0 aliphatic carbocycles. The lowest BCUT2D eigenvalue weighted by atomic mass is 10.0. The van der Waals surface area contributed by atoms with Crippen LogP contribution in [0.1, 0.15) is 35.2 Å². The second kappa shape index (κ2) is 8.90. The molecule has 0 aromatic heterocycles. The highest BCUT2D eigenvalue weighted by molar-refractivity contribution is 5.99. The monoisotopic (exact) mass is 449 g/mol. The zero-order valence-corrected chi connectivity index (χ0v) is 17.2. The van der Waals surface area contributed by atoms with Crippen LogP contribution in [0.4, 0.5) is 23.2 Å². The molecule has 1 atom stereocenters. The molecule has 2 aliphatic heterocycles. The minimum Gasteiger partial charge on any atom is -0.349 e. The Hall–Kier alpha value is -2.94. The van der Waals surface area contributed by atoms with E-state index >= 15 is 0 Å². The number of benzene rings is 2. The highest BCUT2D eigenvalue weighted by Gasteiger charge is 2.38. The van der Waals surface area contributed by atoms with Gasteiger partial charge in [0.2, 0.25) is 5.91 Å². The minimum atomic E-state index is -4.41. The highest BCUT2D eigenvalue weighted by atomic mass is 19.4. The van der Waals surface area contributed by atoms with Gasteiger partial charge in [-0.1, -0.05) is 12.1 Å². The molecule has 9 heteroatoms. The van der Waals surface area contributed by atoms with Crippen molar-refractivity contribution in [2.24, 2.45) is 0 Å². The number of alkyl halides is 3. The van der Waals surface area contributed by atoms with Crippen LogP contribution in [0.5, 0.6) is 0 Å². The molecule has 2 heterocycles. The van der Waals surface area contributed by atoms with Crippen molar-refractivity contribution in [2.75, 3.05) is 24.5 Å². The van der Waals surface area contributed by atoms with Crippen molar-refractivity contribution in [3.63, 3.8) is 0 Å². The Morgan fingerprint density at radius 1 is 0.938 bits per heavy atom. The second-order valence-corrected chi connectivity index (χ2v) is 8.10. The summed E-state index contributed by atoms with van der Waals surface area (Å²) in [4.78, 5) is 28.8. The molecule has 2 aliphatic rings. The van der Waals surface area contributed by atoms with Gasteiger partial charge in [0.15, 0.2) is 0 Å². The molecule has 2 aromatic carbocycles. The molecule has 1 unspecified atom stereocenters. The van der Waals surface area contributed by atoms with Gasteiger partial charge in [-0.3, -0.25) is 14.5 Å². The SMILES string of the molecule is O=C(NC1CCN(C2CCN(c3ccc(C(F)(F)F)cc3)C2=O)CC1)c1ccccc1F. The normalized spacial score (nSPS) is 20.6. The van der Waals surface area contributed by atoms with Crippen LogP contribution < -0.4 is 10.2 Å². The van der Waals surface area contributed by atoms with Gasteiger partial charge in [0, 0.05) is 31.4 Å². The molecule has 0 bridgehead atoms. The van der Waals surface area contributed by atoms with Crippen LogP contribution in [0.3, 0.4) is 0 Å². The summed E-state index contributed by atoms with van der Waals surface area (Å²) in [7, 11) is 0. The van der Waals surface area contributed by atoms with Gasteiger partial charge in [0.25, 0.3) is 5.91 Å². The lowest BCUT2D eigenvalue weighted by molar-refractivity contribution is -0.137. The number of carbonyl (C=O) groups is 2. The summed E-state index contributed by atoms with van der Waals surface area (Å²) in [6, 6.07) is 9.99. The summed E-state index contributed by atoms with van der Waals surface area (Å²) in [6.45, 7) is 1.64. The fraction of sp³-hybridized carbons (Fsp3) is 0.391. The van der Waals surface area contributed by atoms with Gasteiger partial charge < -0.3 is 10.2 Å². The van der Waals surface area contributed by atoms with Crippen LogP contribution in [-0.2, 0) is 11.0 Å². The summed E-state index contributed by atoms with van der Waals surface area (Å²) in [5.41, 5.74) is -0.283. The number of nitrogens with zero attached hydrogens (tertiary/aromatic N) is 2. The van der Waals surface area contributed by atoms with Gasteiger partial charge in [-0.15, -0.1) is 0 Å². The second-order valence-electron chi connectivity index (χ2n) is 8.10. The quantitative estimate of drug-likeness (QED) is 0.722. The first-order valence-electron chi connectivity index (χ1n) is 10.5. The van der Waals surface area contributed by atoms with Gasteiger partial charge in [-0.2, -0.15) is 13.2 Å². The van der Waals surface area contributed by atoms with E-state index in [-0.39, 0.29) is 23.6 Å². The third kappa shape index (κ3) is 4.62. The van der Waals surface area contributed by atoms with Gasteiger partial charge in [-0.05, 0) is 55.7 Å². The Labute approximate surface area is 183 Å². The Morgan fingerprint density at radius 3 is 2.22 bits per heavy atom. The van der Waals surface area contributed by atoms with Crippen LogP contribution in [0.15, 0.2) is 48.5 Å². The van der Waals surface area contributed by atoms with E-state index in [1.807, 2.05) is 0 Å². The van der Waals surface area contributed by atoms with Gasteiger partial charge >= 0.3 is 6.18 Å². The molecule has 2 saturated heterocycles. The van der Waals surface area contributed by atoms with Crippen molar-refractivity contribution >= 4 is 17.5 Å². The third-order valence-corrected chi connectivity index (χ3v) is 6.11. The van der Waals surface area contributed by atoms with E-state index in [2.05, 4.69) is 10.2 Å². The lowest BCUT2D eigenvalue weighted by Gasteiger charge is -2.35. The highest BCUT2D eigenvalue weighted by Crippen LogP contribution is 2.32. The fourth-order valence-corrected chi connectivity index (χ4v) is 4.35. The summed E-state index contributed by atoms with van der Waals surface area (Å²) in [6.07, 6.45) is -2.57. The molecule has 2 fully saturated rings. The van der Waals surface area contributed by atoms with Crippen LogP contribution in [0.2, 0.25) is 0 Å². The largest absolute Gasteiger partial charge is 0.416 e. The predicted molar refractivity (Wildman–Crippen MR) is 111 cm³/mol. The molecule has 2 aromatic rings. The first kappa shape index (κ1) is 22.3. The Bertz CT molecular complexity index is 985. The van der Waals surface area contributed by atoms with Gasteiger partial charge in [0.1, 0.15) is 5.82 Å². The molecule has 1 N–H and O–H groups in total. The summed E-state index contributed by atoms with van der Waals surface area (Å²) < 4.78 is 52.1. The number of amides is 2. The summed E-state index contributed by atoms with van der Waals surface area (Å²) in [5, 5.41) is 2.86. The molecular formula is C23H23F4N3O2. The fourth-order valence-electron chi connectivity index (χ4n) is 4.35. The average molecular weight is 449 g/mol. The lowest BCUT2D eigenvalue weighted by Crippen LogP contribution is -2.50. The average Bonchev–Trinajstić information content (AvgIpc) is 3.15. The molecule has 170 valence electrons. The van der Waals surface area contributed by atoms with E-state index in [0.717, 1.165) is 12.1 Å². The molecule has 0 spiro atoms. The minimum absolute atomic E-state index is 0.00748. The number of piperidine rings is 1. The molecule has 0 radical (unpaired) electrons. The van der Waals surface area contributed by atoms with E-state index in [1.165, 1.54) is 35.2 Å². The number of anilines is 1. The van der Waals surface area contributed by atoms with E-state index in [4.69, 9.17) is 0 Å². The number of carbonyl (C=O) groups excluding carboxylic acids is 2. The maximum absolute atomic E-state index is 13.8. The van der Waals surface area contributed by atoms with Gasteiger partial charge in [-0.25, -0.2) is 4.39 Å². The van der Waals surface area contributed by atoms with Crippen molar-refractivity contribution in [1.82, 2.24) is 10.2 Å². The van der Waals surface area contributed by atoms with Gasteiger partial charge in [0.05, 0.1) is 17.2 Å². The number of likely N-dealkylation sites (tertiary alicyclic amines) is 1. The van der Waals surface area contributed by atoms with Crippen LogP contribution in [0, 0.1) is 5.82 Å². The zero-order valence-electron chi connectivity index (χ0n) is 17.2. The summed E-state index contributed by atoms with van der Waals surface area (Å²) >= 11 is 0. The van der Waals surface area contributed by atoms with Crippen molar-refractivity contribution in [1.29, 1.82) is 0 Å². The van der Waals surface area contributed by atoms with Crippen LogP contribution in [-0.4, -0.2) is 48.4 Å². The van der Waals surface area contributed by atoms with E-state index in [9.17, 15) is 27.2 Å². The molecule has 32 heavy (non-hydrogen) atoms. The van der Waals surface area contributed by atoms with Crippen molar-refractivity contribution in [3.05, 3.63) is 65.5 Å². The number of nitrogens with one attached hydrogen (secondary N) is 1. The first-order chi connectivity index (χ1) is 15.2. The Morgan fingerprint density at radius 2 is 1.59 bits per heavy atom. The van der Waals surface area contributed by atoms with Crippen molar-refractivity contribution in [2.45, 2.75) is 37.5 Å². The zero-order chi connectivity index (χ0) is 22.9. The number of hydrogen-bond donors (Lipinski definition) is 1. The summed E-state index contributed by atoms with van der Waals surface area (Å²) in [5.74, 6) is -1.15. The first-order valence-corrected chi connectivity index (χ1v) is 10.5. The predicted octanol–water partition coefficient (Wildman–Crippen LogP) is 3.84. The number of hydrogen-bond acceptors (Lipinski definition) is 3. The van der Waals surface area contributed by atoms with E-state index < -0.39 is 23.5 Å². The molecular weight excluding hydrogens is 426 g/mol.